The molecule has 0 fully saturated rings. The zero-order valence-electron chi connectivity index (χ0n) is 8.09. The Hall–Kier alpha value is -1.10. The lowest BCUT2D eigenvalue weighted by Gasteiger charge is -2.16. The zero-order valence-corrected chi connectivity index (χ0v) is 9.67. The van der Waals surface area contributed by atoms with Gasteiger partial charge in [-0.1, -0.05) is 15.9 Å². The van der Waals surface area contributed by atoms with E-state index in [2.05, 4.69) is 15.9 Å². The van der Waals surface area contributed by atoms with Crippen molar-refractivity contribution >= 4 is 27.5 Å². The summed E-state index contributed by atoms with van der Waals surface area (Å²) in [5.41, 5.74) is 0.462. The number of carbonyl (C=O) groups is 1. The molecule has 1 aliphatic heterocycles. The Morgan fingerprint density at radius 2 is 2.27 bits per heavy atom. The number of fused-ring (bicyclic) bond motifs is 1. The molecule has 0 spiro atoms. The van der Waals surface area contributed by atoms with Crippen molar-refractivity contribution in [3.05, 3.63) is 22.4 Å². The lowest BCUT2D eigenvalue weighted by molar-refractivity contribution is -0.118. The van der Waals surface area contributed by atoms with Crippen molar-refractivity contribution < 1.29 is 13.9 Å². The number of rotatable bonds is 0. The van der Waals surface area contributed by atoms with E-state index in [-0.39, 0.29) is 24.7 Å². The molecule has 2 rings (SSSR count). The summed E-state index contributed by atoms with van der Waals surface area (Å²) < 4.78 is 19.3. The third-order valence-corrected chi connectivity index (χ3v) is 2.74. The van der Waals surface area contributed by atoms with Crippen molar-refractivity contribution in [2.45, 2.75) is 6.42 Å². The molecule has 0 aromatic heterocycles. The Balaban J connectivity index is 2.58. The monoisotopic (exact) mass is 273 g/mol. The third kappa shape index (κ3) is 1.84. The van der Waals surface area contributed by atoms with Gasteiger partial charge in [0.25, 0.3) is 0 Å². The molecule has 0 atom stereocenters. The third-order valence-electron chi connectivity index (χ3n) is 2.29. The van der Waals surface area contributed by atoms with Crippen LogP contribution >= 0.6 is 15.9 Å². The van der Waals surface area contributed by atoms with Crippen molar-refractivity contribution in [1.29, 1.82) is 0 Å². The molecule has 0 aliphatic carbocycles. The molecule has 1 heterocycles. The van der Waals surface area contributed by atoms with Crippen LogP contribution < -0.4 is 9.64 Å². The van der Waals surface area contributed by atoms with E-state index in [9.17, 15) is 9.18 Å². The van der Waals surface area contributed by atoms with Crippen LogP contribution in [0.3, 0.4) is 0 Å². The van der Waals surface area contributed by atoms with Crippen LogP contribution in [0.15, 0.2) is 16.6 Å². The summed E-state index contributed by atoms with van der Waals surface area (Å²) in [4.78, 5) is 12.9. The van der Waals surface area contributed by atoms with Gasteiger partial charge >= 0.3 is 0 Å². The van der Waals surface area contributed by atoms with Crippen molar-refractivity contribution in [3.63, 3.8) is 0 Å². The topological polar surface area (TPSA) is 29.5 Å². The van der Waals surface area contributed by atoms with Crippen LogP contribution in [0.1, 0.15) is 6.42 Å². The number of hydrogen-bond donors (Lipinski definition) is 0. The average molecular weight is 274 g/mol. The molecular weight excluding hydrogens is 265 g/mol. The second-order valence-corrected chi connectivity index (χ2v) is 4.20. The molecule has 0 radical (unpaired) electrons. The fraction of sp³-hybridized carbons (Fsp3) is 0.300. The van der Waals surface area contributed by atoms with E-state index in [1.54, 1.807) is 13.1 Å². The molecule has 3 nitrogen and oxygen atoms in total. The van der Waals surface area contributed by atoms with Crippen LogP contribution in [0.5, 0.6) is 5.75 Å². The maximum Gasteiger partial charge on any atom is 0.230 e. The minimum atomic E-state index is -0.457. The molecule has 0 saturated carbocycles. The average Bonchev–Trinajstić information content (AvgIpc) is 2.30. The van der Waals surface area contributed by atoms with Crippen LogP contribution in [0.2, 0.25) is 0 Å². The molecule has 0 N–H and O–H groups in total. The molecule has 0 saturated heterocycles. The van der Waals surface area contributed by atoms with Crippen LogP contribution in [0.4, 0.5) is 10.1 Å². The quantitative estimate of drug-likeness (QED) is 0.726. The molecule has 1 amide bonds. The van der Waals surface area contributed by atoms with Crippen LogP contribution in [-0.2, 0) is 4.79 Å². The van der Waals surface area contributed by atoms with E-state index in [0.29, 0.717) is 10.2 Å². The van der Waals surface area contributed by atoms with Gasteiger partial charge in [-0.15, -0.1) is 0 Å². The van der Waals surface area contributed by atoms with Gasteiger partial charge in [0.15, 0.2) is 11.6 Å². The normalized spacial score (nSPS) is 15.7. The largest absolute Gasteiger partial charge is 0.488 e. The summed E-state index contributed by atoms with van der Waals surface area (Å²) in [6.07, 6.45) is 0.266. The number of anilines is 1. The number of nitrogens with zero attached hydrogens (tertiary/aromatic N) is 1. The van der Waals surface area contributed by atoms with Gasteiger partial charge in [0.2, 0.25) is 5.91 Å². The molecular formula is C10H9BrFNO2. The smallest absolute Gasteiger partial charge is 0.230 e. The molecule has 5 heteroatoms. The van der Waals surface area contributed by atoms with Crippen LogP contribution in [0.25, 0.3) is 0 Å². The zero-order chi connectivity index (χ0) is 11.0. The van der Waals surface area contributed by atoms with E-state index in [1.165, 1.54) is 11.0 Å². The highest BCUT2D eigenvalue weighted by atomic mass is 79.9. The van der Waals surface area contributed by atoms with Crippen LogP contribution in [0, 0.1) is 5.82 Å². The predicted octanol–water partition coefficient (Wildman–Crippen LogP) is 2.33. The van der Waals surface area contributed by atoms with Gasteiger partial charge in [0, 0.05) is 11.5 Å². The minimum Gasteiger partial charge on any atom is -0.488 e. The van der Waals surface area contributed by atoms with E-state index >= 15 is 0 Å². The standard InChI is InChI=1S/C10H9BrFNO2/c1-13-8-5-6(11)4-7(12)10(8)15-3-2-9(13)14/h4-5H,2-3H2,1H3. The first-order valence-corrected chi connectivity index (χ1v) is 5.27. The maximum atomic E-state index is 13.5. The van der Waals surface area contributed by atoms with Gasteiger partial charge in [0.05, 0.1) is 18.7 Å². The molecule has 1 aromatic carbocycles. The minimum absolute atomic E-state index is 0.0775. The summed E-state index contributed by atoms with van der Waals surface area (Å²) in [5, 5.41) is 0. The summed E-state index contributed by atoms with van der Waals surface area (Å²) in [6, 6.07) is 2.99. The number of benzene rings is 1. The van der Waals surface area contributed by atoms with Crippen molar-refractivity contribution in [3.8, 4) is 5.75 Å². The highest BCUT2D eigenvalue weighted by molar-refractivity contribution is 9.10. The first-order chi connectivity index (χ1) is 7.09. The summed E-state index contributed by atoms with van der Waals surface area (Å²) in [7, 11) is 1.61. The Morgan fingerprint density at radius 1 is 1.53 bits per heavy atom. The van der Waals surface area contributed by atoms with Crippen molar-refractivity contribution in [2.24, 2.45) is 0 Å². The lowest BCUT2D eigenvalue weighted by atomic mass is 10.2. The van der Waals surface area contributed by atoms with E-state index < -0.39 is 5.82 Å². The first kappa shape index (κ1) is 10.4. The fourth-order valence-electron chi connectivity index (χ4n) is 1.48. The number of amides is 1. The van der Waals surface area contributed by atoms with E-state index in [1.807, 2.05) is 0 Å². The highest BCUT2D eigenvalue weighted by Crippen LogP contribution is 2.35. The summed E-state index contributed by atoms with van der Waals surface area (Å²) in [6.45, 7) is 0.217. The number of carbonyl (C=O) groups excluding carboxylic acids is 1. The van der Waals surface area contributed by atoms with Gasteiger partial charge in [-0.2, -0.15) is 0 Å². The first-order valence-electron chi connectivity index (χ1n) is 4.48. The predicted molar refractivity (Wildman–Crippen MR) is 57.6 cm³/mol. The number of halogens is 2. The van der Waals surface area contributed by atoms with Crippen molar-refractivity contribution in [2.75, 3.05) is 18.6 Å². The van der Waals surface area contributed by atoms with Gasteiger partial charge in [-0.25, -0.2) is 4.39 Å². The lowest BCUT2D eigenvalue weighted by Crippen LogP contribution is -2.25. The summed E-state index contributed by atoms with van der Waals surface area (Å²) in [5.74, 6) is -0.390. The molecule has 15 heavy (non-hydrogen) atoms. The molecule has 1 aliphatic rings. The van der Waals surface area contributed by atoms with Gasteiger partial charge < -0.3 is 9.64 Å². The molecule has 0 unspecified atom stereocenters. The second-order valence-electron chi connectivity index (χ2n) is 3.29. The van der Waals surface area contributed by atoms with Gasteiger partial charge in [-0.3, -0.25) is 4.79 Å². The molecule has 80 valence electrons. The van der Waals surface area contributed by atoms with Crippen LogP contribution in [-0.4, -0.2) is 19.6 Å². The number of ether oxygens (including phenoxy) is 1. The Morgan fingerprint density at radius 3 is 3.00 bits per heavy atom. The highest BCUT2D eigenvalue weighted by Gasteiger charge is 2.23. The van der Waals surface area contributed by atoms with Gasteiger partial charge in [-0.05, 0) is 12.1 Å². The van der Waals surface area contributed by atoms with E-state index in [4.69, 9.17) is 4.74 Å². The maximum absolute atomic E-state index is 13.5. The Bertz CT molecular complexity index is 422. The number of hydrogen-bond acceptors (Lipinski definition) is 2. The second kappa shape index (κ2) is 3.81. The van der Waals surface area contributed by atoms with E-state index in [0.717, 1.165) is 0 Å². The Kier molecular flexibility index (Phi) is 2.65. The fourth-order valence-corrected chi connectivity index (χ4v) is 1.90. The Labute approximate surface area is 95.0 Å². The van der Waals surface area contributed by atoms with Gasteiger partial charge in [0.1, 0.15) is 0 Å². The molecule has 0 bridgehead atoms. The SMILES string of the molecule is CN1C(=O)CCOc2c(F)cc(Br)cc21. The van der Waals surface area contributed by atoms with Crippen molar-refractivity contribution in [1.82, 2.24) is 0 Å². The molecule has 1 aromatic rings. The summed E-state index contributed by atoms with van der Waals surface area (Å²) >= 11 is 3.18.